The van der Waals surface area contributed by atoms with E-state index in [1.165, 1.54) is 0 Å². The van der Waals surface area contributed by atoms with Crippen molar-refractivity contribution in [1.82, 2.24) is 4.81 Å². The summed E-state index contributed by atoms with van der Waals surface area (Å²) < 4.78 is 12.1. The van der Waals surface area contributed by atoms with Gasteiger partial charge < -0.3 is 18.8 Å². The molecule has 2 rings (SSSR count). The lowest BCUT2D eigenvalue weighted by Gasteiger charge is -2.40. The van der Waals surface area contributed by atoms with Crippen LogP contribution in [0.25, 0.3) is 0 Å². The zero-order valence-electron chi connectivity index (χ0n) is 14.4. The van der Waals surface area contributed by atoms with E-state index in [2.05, 4.69) is 38.7 Å². The van der Waals surface area contributed by atoms with Gasteiger partial charge in [0, 0.05) is 18.7 Å². The highest BCUT2D eigenvalue weighted by Crippen LogP contribution is 2.49. The van der Waals surface area contributed by atoms with Crippen LogP contribution in [0.4, 0.5) is 0 Å². The van der Waals surface area contributed by atoms with E-state index in [4.69, 9.17) is 9.16 Å². The predicted molar refractivity (Wildman–Crippen MR) is 90.1 cm³/mol. The van der Waals surface area contributed by atoms with E-state index in [1.54, 1.807) is 7.11 Å². The molecule has 0 aromatic rings. The first kappa shape index (κ1) is 17.2. The molecular weight excluding hydrogens is 281 g/mol. The van der Waals surface area contributed by atoms with Crippen molar-refractivity contribution in [2.75, 3.05) is 13.7 Å². The summed E-state index contributed by atoms with van der Waals surface area (Å²) in [6, 6.07) is 0.388. The number of fused-ring (bicyclic) bond motifs is 2. The molecule has 0 spiro atoms. The molecule has 3 atom stereocenters. The molecular formula is C15H30BNO3Si. The third kappa shape index (κ3) is 3.00. The van der Waals surface area contributed by atoms with Crippen molar-refractivity contribution in [2.45, 2.75) is 75.9 Å². The van der Waals surface area contributed by atoms with E-state index in [-0.39, 0.29) is 16.7 Å². The van der Waals surface area contributed by atoms with Crippen LogP contribution in [0.1, 0.15) is 40.0 Å². The summed E-state index contributed by atoms with van der Waals surface area (Å²) in [6.45, 7) is 12.2. The molecule has 2 saturated heterocycles. The molecule has 120 valence electrons. The molecule has 0 saturated carbocycles. The maximum atomic E-state index is 11.1. The number of carbonyl (C=O) groups is 1. The first-order valence-electron chi connectivity index (χ1n) is 8.04. The second-order valence-electron chi connectivity index (χ2n) is 8.20. The molecule has 0 aromatic carbocycles. The number of ether oxygens (including phenoxy) is 1. The molecule has 2 bridgehead atoms. The highest BCUT2D eigenvalue weighted by molar-refractivity contribution is 6.74. The van der Waals surface area contributed by atoms with E-state index in [9.17, 15) is 4.79 Å². The van der Waals surface area contributed by atoms with Crippen molar-refractivity contribution in [3.63, 3.8) is 0 Å². The molecule has 0 aromatic heterocycles. The van der Waals surface area contributed by atoms with Gasteiger partial charge in [0.2, 0.25) is 0 Å². The third-order valence-corrected chi connectivity index (χ3v) is 10.4. The van der Waals surface area contributed by atoms with E-state index in [0.717, 1.165) is 25.4 Å². The molecule has 0 amide bonds. The quantitative estimate of drug-likeness (QED) is 0.557. The van der Waals surface area contributed by atoms with Crippen LogP contribution in [-0.4, -0.2) is 58.1 Å². The molecule has 2 aliphatic rings. The zero-order chi connectivity index (χ0) is 15.9. The van der Waals surface area contributed by atoms with Crippen molar-refractivity contribution in [2.24, 2.45) is 0 Å². The van der Waals surface area contributed by atoms with Crippen molar-refractivity contribution in [3.05, 3.63) is 0 Å². The molecule has 4 nitrogen and oxygen atoms in total. The smallest absolute Gasteiger partial charge is 0.281 e. The fourth-order valence-corrected chi connectivity index (χ4v) is 5.10. The predicted octanol–water partition coefficient (Wildman–Crippen LogP) is 2.17. The lowest BCUT2D eigenvalue weighted by Crippen LogP contribution is -2.48. The summed E-state index contributed by atoms with van der Waals surface area (Å²) in [5.41, 5.74) is 0.0212. The maximum Gasteiger partial charge on any atom is 0.281 e. The summed E-state index contributed by atoms with van der Waals surface area (Å²) in [7, 11) is 0.487. The van der Waals surface area contributed by atoms with Crippen LogP contribution in [-0.2, 0) is 14.0 Å². The number of carbonyl (C=O) groups excluding carboxylic acids is 1. The standard InChI is InChI=1S/C15H30BNO3Si/c1-14(2,3)21(5,6)20-13-9-15(10-19-4)8-7-12(13)17(15)16-11-18/h11-13,16H,7-10H2,1-6H3. The van der Waals surface area contributed by atoms with Crippen LogP contribution < -0.4 is 0 Å². The van der Waals surface area contributed by atoms with Crippen molar-refractivity contribution < 1.29 is 14.0 Å². The molecule has 2 fully saturated rings. The average molecular weight is 311 g/mol. The van der Waals surface area contributed by atoms with Crippen LogP contribution >= 0.6 is 0 Å². The molecule has 21 heavy (non-hydrogen) atoms. The highest BCUT2D eigenvalue weighted by atomic mass is 28.4. The molecule has 6 heteroatoms. The molecule has 2 aliphatic heterocycles. The Balaban J connectivity index is 2.16. The van der Waals surface area contributed by atoms with Gasteiger partial charge in [-0.05, 0) is 37.4 Å². The molecule has 3 unspecified atom stereocenters. The highest BCUT2D eigenvalue weighted by Gasteiger charge is 2.58. The average Bonchev–Trinajstić information content (AvgIpc) is 2.80. The Hall–Kier alpha value is -0.168. The molecule has 2 heterocycles. The summed E-state index contributed by atoms with van der Waals surface area (Å²) in [5, 5.41) is 0.221. The second kappa shape index (κ2) is 5.80. The summed E-state index contributed by atoms with van der Waals surface area (Å²) in [5.74, 6) is 0. The number of methoxy groups -OCH3 is 1. The van der Waals surface area contributed by atoms with Gasteiger partial charge >= 0.3 is 0 Å². The van der Waals surface area contributed by atoms with Crippen LogP contribution in [0.15, 0.2) is 0 Å². The van der Waals surface area contributed by atoms with E-state index < -0.39 is 8.32 Å². The minimum atomic E-state index is -1.77. The number of nitrogens with zero attached hydrogens (tertiary/aromatic N) is 1. The van der Waals surface area contributed by atoms with Crippen LogP contribution in [0, 0.1) is 0 Å². The monoisotopic (exact) mass is 311 g/mol. The normalized spacial score (nSPS) is 33.4. The van der Waals surface area contributed by atoms with E-state index >= 15 is 0 Å². The van der Waals surface area contributed by atoms with Gasteiger partial charge in [-0.3, -0.25) is 0 Å². The number of rotatable bonds is 6. The number of hydrogen-bond acceptors (Lipinski definition) is 4. The topological polar surface area (TPSA) is 38.8 Å². The van der Waals surface area contributed by atoms with E-state index in [0.29, 0.717) is 20.1 Å². The number of hydrogen-bond donors (Lipinski definition) is 0. The largest absolute Gasteiger partial charge is 0.412 e. The van der Waals surface area contributed by atoms with Crippen molar-refractivity contribution in [3.8, 4) is 0 Å². The Morgan fingerprint density at radius 1 is 1.43 bits per heavy atom. The fourth-order valence-electron chi connectivity index (χ4n) is 3.75. The Labute approximate surface area is 130 Å². The van der Waals surface area contributed by atoms with Gasteiger partial charge in [-0.1, -0.05) is 20.8 Å². The maximum absolute atomic E-state index is 11.1. The molecule has 0 N–H and O–H groups in total. The minimum absolute atomic E-state index is 0.0212. The molecule has 0 radical (unpaired) electrons. The zero-order valence-corrected chi connectivity index (χ0v) is 15.4. The Bertz CT molecular complexity index is 399. The van der Waals surface area contributed by atoms with Gasteiger partial charge in [0.25, 0.3) is 7.41 Å². The minimum Gasteiger partial charge on any atom is -0.412 e. The van der Waals surface area contributed by atoms with Crippen LogP contribution in [0.2, 0.25) is 18.1 Å². The van der Waals surface area contributed by atoms with Gasteiger partial charge in [-0.2, -0.15) is 0 Å². The van der Waals surface area contributed by atoms with Gasteiger partial charge in [0.05, 0.1) is 18.9 Å². The fraction of sp³-hybridized carbons (Fsp3) is 0.933. The van der Waals surface area contributed by atoms with Gasteiger partial charge in [0.15, 0.2) is 8.32 Å². The Morgan fingerprint density at radius 3 is 2.62 bits per heavy atom. The van der Waals surface area contributed by atoms with Gasteiger partial charge in [-0.15, -0.1) is 0 Å². The third-order valence-electron chi connectivity index (χ3n) is 5.86. The van der Waals surface area contributed by atoms with Crippen LogP contribution in [0.5, 0.6) is 0 Å². The van der Waals surface area contributed by atoms with Crippen molar-refractivity contribution in [1.29, 1.82) is 0 Å². The lowest BCUT2D eigenvalue weighted by molar-refractivity contribution is 0.0816. The Kier molecular flexibility index (Phi) is 4.75. The summed E-state index contributed by atoms with van der Waals surface area (Å²) in [4.78, 5) is 13.4. The van der Waals surface area contributed by atoms with Gasteiger partial charge in [0.1, 0.15) is 0 Å². The first-order chi connectivity index (χ1) is 9.67. The second-order valence-corrected chi connectivity index (χ2v) is 13.0. The van der Waals surface area contributed by atoms with Crippen molar-refractivity contribution >= 4 is 21.9 Å². The summed E-state index contributed by atoms with van der Waals surface area (Å²) in [6.07, 6.45) is 4.53. The summed E-state index contributed by atoms with van der Waals surface area (Å²) >= 11 is 0. The van der Waals surface area contributed by atoms with E-state index in [1.807, 2.05) is 0 Å². The Morgan fingerprint density at radius 2 is 2.10 bits per heavy atom. The molecule has 0 aliphatic carbocycles. The van der Waals surface area contributed by atoms with Gasteiger partial charge in [-0.25, -0.2) is 0 Å². The SMILES string of the molecule is COCC12CCC(C(O[Si](C)(C)C(C)(C)C)C1)N2BC=O. The van der Waals surface area contributed by atoms with Crippen LogP contribution in [0.3, 0.4) is 0 Å². The first-order valence-corrected chi connectivity index (χ1v) is 10.9. The lowest BCUT2D eigenvalue weighted by atomic mass is 9.84.